The average Bonchev–Trinajstić information content (AvgIpc) is 2.66. The van der Waals surface area contributed by atoms with Gasteiger partial charge in [-0.15, -0.1) is 0 Å². The second kappa shape index (κ2) is 5.65. The number of rotatable bonds is 4. The SMILES string of the molecule is Cc1nn(C)cc1CNC1CCC(CO)CC1. The van der Waals surface area contributed by atoms with Gasteiger partial charge in [-0.3, -0.25) is 4.68 Å². The Morgan fingerprint density at radius 1 is 1.41 bits per heavy atom. The minimum absolute atomic E-state index is 0.356. The fraction of sp³-hybridized carbons (Fsp3) is 0.769. The van der Waals surface area contributed by atoms with Gasteiger partial charge in [0.2, 0.25) is 0 Å². The summed E-state index contributed by atoms with van der Waals surface area (Å²) in [4.78, 5) is 0. The van der Waals surface area contributed by atoms with Gasteiger partial charge >= 0.3 is 0 Å². The highest BCUT2D eigenvalue weighted by Gasteiger charge is 2.20. The van der Waals surface area contributed by atoms with E-state index in [4.69, 9.17) is 5.11 Å². The molecule has 0 amide bonds. The zero-order chi connectivity index (χ0) is 12.3. The maximum Gasteiger partial charge on any atom is 0.0638 e. The molecule has 1 aliphatic carbocycles. The predicted molar refractivity (Wildman–Crippen MR) is 67.6 cm³/mol. The van der Waals surface area contributed by atoms with Crippen molar-refractivity contribution in [3.8, 4) is 0 Å². The summed E-state index contributed by atoms with van der Waals surface area (Å²) < 4.78 is 1.87. The fourth-order valence-electron chi connectivity index (χ4n) is 2.63. The first-order chi connectivity index (χ1) is 8.19. The van der Waals surface area contributed by atoms with Crippen LogP contribution in [0.3, 0.4) is 0 Å². The molecule has 4 heteroatoms. The van der Waals surface area contributed by atoms with Crippen LogP contribution < -0.4 is 5.32 Å². The minimum Gasteiger partial charge on any atom is -0.396 e. The van der Waals surface area contributed by atoms with Gasteiger partial charge in [0.15, 0.2) is 0 Å². The molecular weight excluding hydrogens is 214 g/mol. The molecule has 17 heavy (non-hydrogen) atoms. The van der Waals surface area contributed by atoms with Crippen LogP contribution >= 0.6 is 0 Å². The number of nitrogens with zero attached hydrogens (tertiary/aromatic N) is 2. The number of hydrogen-bond donors (Lipinski definition) is 2. The molecule has 0 saturated heterocycles. The van der Waals surface area contributed by atoms with Gasteiger partial charge in [0.05, 0.1) is 5.69 Å². The van der Waals surface area contributed by atoms with Crippen LogP contribution in [-0.4, -0.2) is 27.5 Å². The second-order valence-corrected chi connectivity index (χ2v) is 5.19. The van der Waals surface area contributed by atoms with E-state index in [1.54, 1.807) is 0 Å². The summed E-state index contributed by atoms with van der Waals surface area (Å²) in [7, 11) is 1.96. The molecule has 2 N–H and O–H groups in total. The lowest BCUT2D eigenvalue weighted by Gasteiger charge is -2.28. The van der Waals surface area contributed by atoms with Gasteiger partial charge < -0.3 is 10.4 Å². The van der Waals surface area contributed by atoms with E-state index in [9.17, 15) is 0 Å². The van der Waals surface area contributed by atoms with E-state index in [2.05, 4.69) is 23.5 Å². The molecule has 0 atom stereocenters. The lowest BCUT2D eigenvalue weighted by Crippen LogP contribution is -2.33. The number of hydrogen-bond acceptors (Lipinski definition) is 3. The highest BCUT2D eigenvalue weighted by molar-refractivity contribution is 5.14. The standard InChI is InChI=1S/C13H23N3O/c1-10-12(8-16(2)15-10)7-14-13-5-3-11(9-17)4-6-13/h8,11,13-14,17H,3-7,9H2,1-2H3. The van der Waals surface area contributed by atoms with Gasteiger partial charge in [0.25, 0.3) is 0 Å². The third kappa shape index (κ3) is 3.30. The summed E-state index contributed by atoms with van der Waals surface area (Å²) in [5, 5.41) is 17.0. The molecule has 0 bridgehead atoms. The molecule has 1 aromatic heterocycles. The summed E-state index contributed by atoms with van der Waals surface area (Å²) in [5.74, 6) is 0.535. The van der Waals surface area contributed by atoms with Crippen LogP contribution in [0.15, 0.2) is 6.20 Å². The fourth-order valence-corrected chi connectivity index (χ4v) is 2.63. The summed E-state index contributed by atoms with van der Waals surface area (Å²) in [5.41, 5.74) is 2.40. The zero-order valence-electron chi connectivity index (χ0n) is 10.8. The van der Waals surface area contributed by atoms with E-state index in [0.29, 0.717) is 18.6 Å². The second-order valence-electron chi connectivity index (χ2n) is 5.19. The van der Waals surface area contributed by atoms with Crippen LogP contribution in [0.25, 0.3) is 0 Å². The third-order valence-electron chi connectivity index (χ3n) is 3.80. The topological polar surface area (TPSA) is 50.1 Å². The number of aryl methyl sites for hydroxylation is 2. The van der Waals surface area contributed by atoms with Gasteiger partial charge in [-0.1, -0.05) is 0 Å². The smallest absolute Gasteiger partial charge is 0.0638 e. The average molecular weight is 237 g/mol. The van der Waals surface area contributed by atoms with Crippen LogP contribution in [-0.2, 0) is 13.6 Å². The molecule has 0 unspecified atom stereocenters. The summed E-state index contributed by atoms with van der Waals surface area (Å²) in [6, 6.07) is 0.609. The van der Waals surface area contributed by atoms with Crippen LogP contribution in [0.2, 0.25) is 0 Å². The van der Waals surface area contributed by atoms with Crippen molar-refractivity contribution in [3.63, 3.8) is 0 Å². The first-order valence-electron chi connectivity index (χ1n) is 6.52. The van der Waals surface area contributed by atoms with Gasteiger partial charge in [-0.05, 0) is 38.5 Å². The first kappa shape index (κ1) is 12.6. The highest BCUT2D eigenvalue weighted by Crippen LogP contribution is 2.23. The van der Waals surface area contributed by atoms with E-state index < -0.39 is 0 Å². The quantitative estimate of drug-likeness (QED) is 0.831. The Morgan fingerprint density at radius 2 is 2.12 bits per heavy atom. The van der Waals surface area contributed by atoms with Gasteiger partial charge in [0.1, 0.15) is 0 Å². The van der Waals surface area contributed by atoms with Crippen molar-refractivity contribution in [2.24, 2.45) is 13.0 Å². The third-order valence-corrected chi connectivity index (χ3v) is 3.80. The van der Waals surface area contributed by atoms with Crippen molar-refractivity contribution >= 4 is 0 Å². The summed E-state index contributed by atoms with van der Waals surface area (Å²) in [6.07, 6.45) is 6.76. The van der Waals surface area contributed by atoms with E-state index >= 15 is 0 Å². The molecule has 1 saturated carbocycles. The lowest BCUT2D eigenvalue weighted by molar-refractivity contribution is 0.175. The molecule has 1 fully saturated rings. The largest absolute Gasteiger partial charge is 0.396 e. The molecule has 0 aliphatic heterocycles. The van der Waals surface area contributed by atoms with Crippen LogP contribution in [0.5, 0.6) is 0 Å². The number of aliphatic hydroxyl groups excluding tert-OH is 1. The van der Waals surface area contributed by atoms with Crippen molar-refractivity contribution < 1.29 is 5.11 Å². The highest BCUT2D eigenvalue weighted by atomic mass is 16.3. The van der Waals surface area contributed by atoms with E-state index in [0.717, 1.165) is 25.1 Å². The Morgan fingerprint density at radius 3 is 2.65 bits per heavy atom. The Kier molecular flexibility index (Phi) is 4.18. The molecule has 96 valence electrons. The Balaban J connectivity index is 1.77. The number of aromatic nitrogens is 2. The maximum atomic E-state index is 9.09. The van der Waals surface area contributed by atoms with Crippen LogP contribution in [0.1, 0.15) is 36.9 Å². The van der Waals surface area contributed by atoms with E-state index in [1.165, 1.54) is 18.4 Å². The normalized spacial score (nSPS) is 25.1. The van der Waals surface area contributed by atoms with Gasteiger partial charge in [-0.25, -0.2) is 0 Å². The zero-order valence-corrected chi connectivity index (χ0v) is 10.8. The lowest BCUT2D eigenvalue weighted by atomic mass is 9.86. The predicted octanol–water partition coefficient (Wildman–Crippen LogP) is 1.37. The molecule has 2 rings (SSSR count). The molecule has 1 heterocycles. The molecule has 1 aliphatic rings. The van der Waals surface area contributed by atoms with Crippen molar-refractivity contribution in [3.05, 3.63) is 17.5 Å². The number of nitrogens with one attached hydrogen (secondary N) is 1. The first-order valence-corrected chi connectivity index (χ1v) is 6.52. The van der Waals surface area contributed by atoms with Crippen LogP contribution in [0, 0.1) is 12.8 Å². The Hall–Kier alpha value is -0.870. The summed E-state index contributed by atoms with van der Waals surface area (Å²) >= 11 is 0. The monoisotopic (exact) mass is 237 g/mol. The molecule has 0 radical (unpaired) electrons. The molecule has 0 aromatic carbocycles. The van der Waals surface area contributed by atoms with Crippen LogP contribution in [0.4, 0.5) is 0 Å². The minimum atomic E-state index is 0.356. The Bertz CT molecular complexity index is 354. The number of aliphatic hydroxyl groups is 1. The molecule has 0 spiro atoms. The molecule has 4 nitrogen and oxygen atoms in total. The van der Waals surface area contributed by atoms with Crippen molar-refractivity contribution in [2.45, 2.75) is 45.2 Å². The van der Waals surface area contributed by atoms with Gasteiger partial charge in [-0.2, -0.15) is 5.10 Å². The van der Waals surface area contributed by atoms with Gasteiger partial charge in [0, 0.05) is 38.0 Å². The molecule has 1 aromatic rings. The maximum absolute atomic E-state index is 9.09. The summed E-state index contributed by atoms with van der Waals surface area (Å²) in [6.45, 7) is 3.32. The van der Waals surface area contributed by atoms with Crippen molar-refractivity contribution in [1.82, 2.24) is 15.1 Å². The van der Waals surface area contributed by atoms with E-state index in [-0.39, 0.29) is 0 Å². The van der Waals surface area contributed by atoms with Crippen molar-refractivity contribution in [1.29, 1.82) is 0 Å². The van der Waals surface area contributed by atoms with E-state index in [1.807, 2.05) is 11.7 Å². The Labute approximate surface area is 103 Å². The molecular formula is C13H23N3O. The van der Waals surface area contributed by atoms with Crippen molar-refractivity contribution in [2.75, 3.05) is 6.61 Å².